The summed E-state index contributed by atoms with van der Waals surface area (Å²) in [6.45, 7) is 3.10. The van der Waals surface area contributed by atoms with Gasteiger partial charge in [0.25, 0.3) is 5.91 Å². The number of aromatic nitrogens is 2. The van der Waals surface area contributed by atoms with Crippen LogP contribution in [0, 0.1) is 24.5 Å². The monoisotopic (exact) mass is 351 g/mol. The zero-order chi connectivity index (χ0) is 17.1. The van der Waals surface area contributed by atoms with Crippen molar-refractivity contribution in [3.63, 3.8) is 0 Å². The minimum Gasteiger partial charge on any atom is -0.338 e. The van der Waals surface area contributed by atoms with E-state index in [2.05, 4.69) is 9.59 Å². The standard InChI is InChI=1S/C17H19F2N3OS/c1-11-16(24-21-20-11)17(23)22-9-3-4-12(10-22)7-8-13-14(18)5-2-6-15(13)19/h2,5-6,12H,3-4,7-10H2,1H3. The highest BCUT2D eigenvalue weighted by Gasteiger charge is 2.27. The summed E-state index contributed by atoms with van der Waals surface area (Å²) >= 11 is 1.12. The number of carbonyl (C=O) groups is 1. The molecule has 0 bridgehead atoms. The first-order valence-corrected chi connectivity index (χ1v) is 8.84. The van der Waals surface area contributed by atoms with Gasteiger partial charge in [-0.15, -0.1) is 5.10 Å². The number of carbonyl (C=O) groups excluding carboxylic acids is 1. The minimum absolute atomic E-state index is 0.0377. The van der Waals surface area contributed by atoms with Crippen molar-refractivity contribution in [1.29, 1.82) is 0 Å². The zero-order valence-corrected chi connectivity index (χ0v) is 14.3. The normalized spacial score (nSPS) is 18.0. The lowest BCUT2D eigenvalue weighted by molar-refractivity contribution is 0.0672. The molecule has 1 aromatic carbocycles. The Morgan fingerprint density at radius 1 is 1.38 bits per heavy atom. The van der Waals surface area contributed by atoms with Crippen LogP contribution in [0.2, 0.25) is 0 Å². The van der Waals surface area contributed by atoms with Gasteiger partial charge in [0.05, 0.1) is 5.69 Å². The summed E-state index contributed by atoms with van der Waals surface area (Å²) in [6.07, 6.45) is 2.90. The molecule has 0 aliphatic carbocycles. The molecule has 4 nitrogen and oxygen atoms in total. The Hall–Kier alpha value is -1.89. The van der Waals surface area contributed by atoms with Crippen molar-refractivity contribution in [2.24, 2.45) is 5.92 Å². The molecule has 0 radical (unpaired) electrons. The van der Waals surface area contributed by atoms with Gasteiger partial charge in [-0.3, -0.25) is 4.79 Å². The number of hydrogen-bond donors (Lipinski definition) is 0. The quantitative estimate of drug-likeness (QED) is 0.845. The molecule has 3 rings (SSSR count). The number of benzene rings is 1. The van der Waals surface area contributed by atoms with Crippen LogP contribution in [0.25, 0.3) is 0 Å². The van der Waals surface area contributed by atoms with Gasteiger partial charge in [0.15, 0.2) is 0 Å². The molecule has 1 fully saturated rings. The summed E-state index contributed by atoms with van der Waals surface area (Å²) in [5.74, 6) is -0.776. The fraction of sp³-hybridized carbons (Fsp3) is 0.471. The van der Waals surface area contributed by atoms with Crippen LogP contribution in [0.1, 0.15) is 40.2 Å². The van der Waals surface area contributed by atoms with Crippen molar-refractivity contribution in [3.8, 4) is 0 Å². The van der Waals surface area contributed by atoms with Crippen LogP contribution in [0.15, 0.2) is 18.2 Å². The molecule has 7 heteroatoms. The number of hydrogen-bond acceptors (Lipinski definition) is 4. The highest BCUT2D eigenvalue weighted by Crippen LogP contribution is 2.25. The molecule has 1 aliphatic rings. The van der Waals surface area contributed by atoms with Crippen LogP contribution in [0.3, 0.4) is 0 Å². The third-order valence-corrected chi connectivity index (χ3v) is 5.33. The maximum absolute atomic E-state index is 13.7. The maximum atomic E-state index is 13.7. The van der Waals surface area contributed by atoms with E-state index >= 15 is 0 Å². The third-order valence-electron chi connectivity index (χ3n) is 4.52. The summed E-state index contributed by atoms with van der Waals surface area (Å²) in [7, 11) is 0. The molecule has 0 spiro atoms. The van der Waals surface area contributed by atoms with E-state index in [0.717, 1.165) is 24.4 Å². The minimum atomic E-state index is -0.495. The van der Waals surface area contributed by atoms with E-state index in [9.17, 15) is 13.6 Å². The van der Waals surface area contributed by atoms with Crippen LogP contribution < -0.4 is 0 Å². The fourth-order valence-corrected chi connectivity index (χ4v) is 3.80. The van der Waals surface area contributed by atoms with Gasteiger partial charge in [0, 0.05) is 18.7 Å². The molecule has 24 heavy (non-hydrogen) atoms. The number of aryl methyl sites for hydroxylation is 1. The topological polar surface area (TPSA) is 46.1 Å². The molecule has 0 N–H and O–H groups in total. The summed E-state index contributed by atoms with van der Waals surface area (Å²) in [5, 5.41) is 3.88. The molecule has 1 atom stereocenters. The molecule has 1 aliphatic heterocycles. The van der Waals surface area contributed by atoms with Gasteiger partial charge >= 0.3 is 0 Å². The second-order valence-electron chi connectivity index (χ2n) is 6.19. The van der Waals surface area contributed by atoms with E-state index in [1.807, 2.05) is 4.90 Å². The number of amides is 1. The maximum Gasteiger partial charge on any atom is 0.267 e. The first-order valence-electron chi connectivity index (χ1n) is 8.07. The zero-order valence-electron chi connectivity index (χ0n) is 13.5. The van der Waals surface area contributed by atoms with Crippen molar-refractivity contribution >= 4 is 17.4 Å². The lowest BCUT2D eigenvalue weighted by atomic mass is 9.91. The van der Waals surface area contributed by atoms with Gasteiger partial charge in [-0.05, 0) is 62.2 Å². The van der Waals surface area contributed by atoms with Gasteiger partial charge in [-0.1, -0.05) is 10.6 Å². The predicted molar refractivity (Wildman–Crippen MR) is 88.0 cm³/mol. The van der Waals surface area contributed by atoms with E-state index in [1.54, 1.807) is 6.92 Å². The number of rotatable bonds is 4. The molecular weight excluding hydrogens is 332 g/mol. The Labute approximate surface area is 143 Å². The first-order chi connectivity index (χ1) is 11.6. The van der Waals surface area contributed by atoms with Crippen LogP contribution in [-0.2, 0) is 6.42 Å². The molecule has 2 heterocycles. The Bertz CT molecular complexity index is 714. The lowest BCUT2D eigenvalue weighted by Crippen LogP contribution is -2.40. The van der Waals surface area contributed by atoms with Gasteiger partial charge in [0.1, 0.15) is 16.5 Å². The number of halogens is 2. The Kier molecular flexibility index (Phi) is 5.18. The van der Waals surface area contributed by atoms with E-state index in [-0.39, 0.29) is 17.4 Å². The fourth-order valence-electron chi connectivity index (χ4n) is 3.18. The summed E-state index contributed by atoms with van der Waals surface area (Å²) in [6, 6.07) is 3.95. The van der Waals surface area contributed by atoms with Crippen LogP contribution in [0.4, 0.5) is 8.78 Å². The van der Waals surface area contributed by atoms with Crippen molar-refractivity contribution < 1.29 is 13.6 Å². The van der Waals surface area contributed by atoms with Crippen LogP contribution >= 0.6 is 11.5 Å². The highest BCUT2D eigenvalue weighted by atomic mass is 32.1. The average Bonchev–Trinajstić information content (AvgIpc) is 3.00. The lowest BCUT2D eigenvalue weighted by Gasteiger charge is -2.32. The summed E-state index contributed by atoms with van der Waals surface area (Å²) in [5.41, 5.74) is 0.795. The molecule has 128 valence electrons. The second-order valence-corrected chi connectivity index (χ2v) is 6.94. The van der Waals surface area contributed by atoms with E-state index in [1.165, 1.54) is 18.2 Å². The Balaban J connectivity index is 1.62. The van der Waals surface area contributed by atoms with Crippen molar-refractivity contribution in [2.45, 2.75) is 32.6 Å². The van der Waals surface area contributed by atoms with Gasteiger partial charge < -0.3 is 4.90 Å². The second kappa shape index (κ2) is 7.34. The van der Waals surface area contributed by atoms with E-state index in [4.69, 9.17) is 0 Å². The molecule has 1 amide bonds. The molecule has 0 saturated carbocycles. The van der Waals surface area contributed by atoms with Crippen LogP contribution in [-0.4, -0.2) is 33.5 Å². The van der Waals surface area contributed by atoms with E-state index < -0.39 is 11.6 Å². The average molecular weight is 351 g/mol. The van der Waals surface area contributed by atoms with Gasteiger partial charge in [0.2, 0.25) is 0 Å². The number of piperidine rings is 1. The SMILES string of the molecule is Cc1nnsc1C(=O)N1CCCC(CCc2c(F)cccc2F)C1. The van der Waals surface area contributed by atoms with Crippen molar-refractivity contribution in [1.82, 2.24) is 14.5 Å². The largest absolute Gasteiger partial charge is 0.338 e. The number of nitrogens with zero attached hydrogens (tertiary/aromatic N) is 3. The highest BCUT2D eigenvalue weighted by molar-refractivity contribution is 7.07. The number of likely N-dealkylation sites (tertiary alicyclic amines) is 1. The van der Waals surface area contributed by atoms with Crippen molar-refractivity contribution in [3.05, 3.63) is 46.0 Å². The van der Waals surface area contributed by atoms with E-state index in [0.29, 0.717) is 36.5 Å². The van der Waals surface area contributed by atoms with Crippen LogP contribution in [0.5, 0.6) is 0 Å². The molecule has 2 aromatic rings. The molecule has 1 unspecified atom stereocenters. The predicted octanol–water partition coefficient (Wildman–Crippen LogP) is 3.61. The summed E-state index contributed by atoms with van der Waals surface area (Å²) < 4.78 is 31.3. The Morgan fingerprint density at radius 2 is 2.12 bits per heavy atom. The van der Waals surface area contributed by atoms with Gasteiger partial charge in [-0.25, -0.2) is 8.78 Å². The van der Waals surface area contributed by atoms with Crippen molar-refractivity contribution in [2.75, 3.05) is 13.1 Å². The first kappa shape index (κ1) is 17.0. The smallest absolute Gasteiger partial charge is 0.267 e. The Morgan fingerprint density at radius 3 is 2.79 bits per heavy atom. The molecule has 1 saturated heterocycles. The summed E-state index contributed by atoms with van der Waals surface area (Å²) in [4.78, 5) is 14.9. The van der Waals surface area contributed by atoms with Gasteiger partial charge in [-0.2, -0.15) is 0 Å². The molecule has 1 aromatic heterocycles. The third kappa shape index (κ3) is 3.61. The molecular formula is C17H19F2N3OS.